The van der Waals surface area contributed by atoms with Crippen molar-refractivity contribution in [2.45, 2.75) is 55.5 Å². The first kappa shape index (κ1) is 24.8. The zero-order chi connectivity index (χ0) is 25.7. The van der Waals surface area contributed by atoms with Crippen molar-refractivity contribution in [3.05, 3.63) is 126 Å². The van der Waals surface area contributed by atoms with Gasteiger partial charge in [0.25, 0.3) is 6.21 Å². The van der Waals surface area contributed by atoms with Crippen molar-refractivity contribution in [3.63, 3.8) is 0 Å². The van der Waals surface area contributed by atoms with Gasteiger partial charge in [0.15, 0.2) is 11.9 Å². The monoisotopic (exact) mass is 497 g/mol. The van der Waals surface area contributed by atoms with E-state index in [-0.39, 0.29) is 18.9 Å². The van der Waals surface area contributed by atoms with Gasteiger partial charge in [-0.1, -0.05) is 84.9 Å². The molecule has 2 aliphatic rings. The summed E-state index contributed by atoms with van der Waals surface area (Å²) in [6.45, 7) is 3.89. The number of carbonyl (C=O) groups excluding carboxylic acids is 1. The van der Waals surface area contributed by atoms with Crippen molar-refractivity contribution in [2.24, 2.45) is 0 Å². The van der Waals surface area contributed by atoms with Crippen molar-refractivity contribution in [3.8, 4) is 0 Å². The lowest BCUT2D eigenvalue weighted by atomic mass is 9.71. The second kappa shape index (κ2) is 10.6. The molecule has 0 radical (unpaired) electrons. The van der Waals surface area contributed by atoms with Crippen LogP contribution in [0, 0.1) is 5.21 Å². The summed E-state index contributed by atoms with van der Waals surface area (Å²) in [6, 6.07) is 29.4. The Hall–Kier alpha value is -3.90. The van der Waals surface area contributed by atoms with E-state index < -0.39 is 23.3 Å². The van der Waals surface area contributed by atoms with Crippen LogP contribution in [0.2, 0.25) is 0 Å². The molecule has 3 aromatic carbocycles. The minimum atomic E-state index is -1.33. The van der Waals surface area contributed by atoms with E-state index in [1.54, 1.807) is 30.3 Å². The predicted octanol–water partition coefficient (Wildman–Crippen LogP) is 5.96. The molecule has 6 heteroatoms. The molecule has 0 saturated heterocycles. The van der Waals surface area contributed by atoms with Gasteiger partial charge in [-0.3, -0.25) is 5.21 Å². The first-order valence-corrected chi connectivity index (χ1v) is 12.7. The van der Waals surface area contributed by atoms with Gasteiger partial charge >= 0.3 is 5.97 Å². The summed E-state index contributed by atoms with van der Waals surface area (Å²) in [4.78, 5) is 18.9. The third-order valence-electron chi connectivity index (χ3n) is 7.30. The summed E-state index contributed by atoms with van der Waals surface area (Å²) in [5.41, 5.74) is 2.32. The van der Waals surface area contributed by atoms with Crippen LogP contribution in [-0.4, -0.2) is 35.1 Å². The molecule has 1 heterocycles. The van der Waals surface area contributed by atoms with Crippen LogP contribution in [0.3, 0.4) is 0 Å². The fourth-order valence-electron chi connectivity index (χ4n) is 5.73. The maximum Gasteiger partial charge on any atom is 0.338 e. The van der Waals surface area contributed by atoms with Gasteiger partial charge in [0, 0.05) is 23.2 Å². The Labute approximate surface area is 217 Å². The van der Waals surface area contributed by atoms with E-state index in [0.29, 0.717) is 10.5 Å². The molecule has 3 unspecified atom stereocenters. The number of carbonyl (C=O) groups is 1. The number of ether oxygens (including phenoxy) is 2. The molecule has 1 saturated carbocycles. The van der Waals surface area contributed by atoms with Gasteiger partial charge in [-0.05, 0) is 42.5 Å². The van der Waals surface area contributed by atoms with E-state index in [2.05, 4.69) is 30.8 Å². The lowest BCUT2D eigenvalue weighted by Crippen LogP contribution is -2.52. The highest BCUT2D eigenvalue weighted by molar-refractivity contribution is 5.90. The SMILES string of the molecule is C=CCC1(OC2CCCC2(c2ccccc2)c2ccccc2)CC(OC(=O)c2ccccc2)C=[N+]([O-])O1. The van der Waals surface area contributed by atoms with Gasteiger partial charge in [0.05, 0.1) is 11.7 Å². The Morgan fingerprint density at radius 3 is 2.19 bits per heavy atom. The Morgan fingerprint density at radius 1 is 1.00 bits per heavy atom. The molecule has 3 aromatic rings. The predicted molar refractivity (Wildman–Crippen MR) is 141 cm³/mol. The van der Waals surface area contributed by atoms with E-state index in [4.69, 9.17) is 14.3 Å². The van der Waals surface area contributed by atoms with E-state index in [1.165, 1.54) is 6.21 Å². The molecule has 0 aromatic heterocycles. The van der Waals surface area contributed by atoms with Crippen LogP contribution in [0.25, 0.3) is 0 Å². The van der Waals surface area contributed by atoms with E-state index in [0.717, 1.165) is 30.4 Å². The number of hydrogen-bond acceptors (Lipinski definition) is 5. The lowest BCUT2D eigenvalue weighted by Gasteiger charge is -2.45. The maximum atomic E-state index is 12.7. The van der Waals surface area contributed by atoms with Gasteiger partial charge in [0.2, 0.25) is 0 Å². The van der Waals surface area contributed by atoms with Gasteiger partial charge in [-0.15, -0.1) is 6.58 Å². The number of hydrogen-bond donors (Lipinski definition) is 0. The zero-order valence-corrected chi connectivity index (χ0v) is 20.7. The van der Waals surface area contributed by atoms with Crippen molar-refractivity contribution in [1.29, 1.82) is 0 Å². The standard InChI is InChI=1S/C31H31NO5/c1-2-20-30(22-27(23-32(34)37-30)35-29(33)24-13-6-3-7-14-24)36-28-19-12-21-31(28,25-15-8-4-9-16-25)26-17-10-5-11-18-26/h2-11,13-18,23,27-28H,1,12,19-22H2. The highest BCUT2D eigenvalue weighted by atomic mass is 16.9. The summed E-state index contributed by atoms with van der Waals surface area (Å²) >= 11 is 0. The van der Waals surface area contributed by atoms with Crippen molar-refractivity contribution in [1.82, 2.24) is 0 Å². The van der Waals surface area contributed by atoms with E-state index in [9.17, 15) is 10.0 Å². The second-order valence-electron chi connectivity index (χ2n) is 9.65. The van der Waals surface area contributed by atoms with Gasteiger partial charge < -0.3 is 14.3 Å². The van der Waals surface area contributed by atoms with Crippen molar-refractivity contribution in [2.75, 3.05) is 0 Å². The molecule has 5 rings (SSSR count). The average Bonchev–Trinajstić information content (AvgIpc) is 3.33. The van der Waals surface area contributed by atoms with Crippen LogP contribution < -0.4 is 0 Å². The second-order valence-corrected chi connectivity index (χ2v) is 9.65. The molecule has 3 atom stereocenters. The molecule has 0 bridgehead atoms. The quantitative estimate of drug-likeness (QED) is 0.218. The number of nitrogens with zero attached hydrogens (tertiary/aromatic N) is 1. The molecular formula is C31H31NO5. The topological polar surface area (TPSA) is 70.8 Å². The molecule has 1 aliphatic heterocycles. The molecular weight excluding hydrogens is 466 g/mol. The smallest absolute Gasteiger partial charge is 0.338 e. The Kier molecular flexibility index (Phi) is 7.10. The number of benzene rings is 3. The summed E-state index contributed by atoms with van der Waals surface area (Å²) < 4.78 is 12.6. The highest BCUT2D eigenvalue weighted by Gasteiger charge is 2.51. The third-order valence-corrected chi connectivity index (χ3v) is 7.30. The van der Waals surface area contributed by atoms with Gasteiger partial charge in [-0.2, -0.15) is 0 Å². The summed E-state index contributed by atoms with van der Waals surface area (Å²) in [6.07, 6.45) is 4.90. The van der Waals surface area contributed by atoms with E-state index >= 15 is 0 Å². The Bertz CT molecular complexity index is 1200. The van der Waals surface area contributed by atoms with Gasteiger partial charge in [-0.25, -0.2) is 4.79 Å². The molecule has 6 nitrogen and oxygen atoms in total. The number of esters is 1. The molecule has 0 N–H and O–H groups in total. The fourth-order valence-corrected chi connectivity index (χ4v) is 5.73. The number of rotatable bonds is 8. The average molecular weight is 498 g/mol. The molecule has 0 spiro atoms. The van der Waals surface area contributed by atoms with Crippen LogP contribution in [-0.2, 0) is 19.7 Å². The first-order chi connectivity index (χ1) is 18.0. The molecule has 1 fully saturated rings. The van der Waals surface area contributed by atoms with E-state index in [1.807, 2.05) is 42.5 Å². The summed E-state index contributed by atoms with van der Waals surface area (Å²) in [5.74, 6) is -1.84. The maximum absolute atomic E-state index is 12.7. The molecule has 0 amide bonds. The molecule has 1 aliphatic carbocycles. The summed E-state index contributed by atoms with van der Waals surface area (Å²) in [7, 11) is 0. The first-order valence-electron chi connectivity index (χ1n) is 12.7. The fraction of sp³-hybridized carbons (Fsp3) is 0.290. The lowest BCUT2D eigenvalue weighted by molar-refractivity contribution is -0.788. The van der Waals surface area contributed by atoms with Crippen LogP contribution in [0.1, 0.15) is 53.6 Å². The minimum Gasteiger partial charge on any atom is -0.448 e. The normalized spacial score (nSPS) is 24.5. The Morgan fingerprint density at radius 2 is 1.59 bits per heavy atom. The third kappa shape index (κ3) is 5.02. The van der Waals surface area contributed by atoms with Gasteiger partial charge in [0.1, 0.15) is 0 Å². The summed E-state index contributed by atoms with van der Waals surface area (Å²) in [5, 5.41) is 12.7. The van der Waals surface area contributed by atoms with Crippen molar-refractivity contribution >= 4 is 12.2 Å². The zero-order valence-electron chi connectivity index (χ0n) is 20.7. The largest absolute Gasteiger partial charge is 0.448 e. The Balaban J connectivity index is 1.47. The minimum absolute atomic E-state index is 0.173. The van der Waals surface area contributed by atoms with Crippen LogP contribution in [0.5, 0.6) is 0 Å². The molecule has 37 heavy (non-hydrogen) atoms. The van der Waals surface area contributed by atoms with Crippen LogP contribution in [0.4, 0.5) is 0 Å². The van der Waals surface area contributed by atoms with Crippen LogP contribution in [0.15, 0.2) is 104 Å². The molecule has 190 valence electrons. The van der Waals surface area contributed by atoms with Crippen LogP contribution >= 0.6 is 0 Å². The highest BCUT2D eigenvalue weighted by Crippen LogP contribution is 2.50. The van der Waals surface area contributed by atoms with Crippen molar-refractivity contribution < 1.29 is 24.0 Å².